The molecule has 1 aliphatic heterocycles. The zero-order chi connectivity index (χ0) is 12.4. The first-order valence-corrected chi connectivity index (χ1v) is 7.94. The van der Waals surface area contributed by atoms with Crippen molar-refractivity contribution in [2.45, 2.75) is 69.6 Å². The van der Waals surface area contributed by atoms with Gasteiger partial charge in [0, 0.05) is 25.2 Å². The van der Waals surface area contributed by atoms with Gasteiger partial charge in [-0.25, -0.2) is 0 Å². The van der Waals surface area contributed by atoms with Crippen LogP contribution in [0.15, 0.2) is 0 Å². The fraction of sp³-hybridized carbons (Fsp3) is 1.00. The number of morpholine rings is 1. The van der Waals surface area contributed by atoms with Crippen LogP contribution < -0.4 is 5.73 Å². The molecule has 2 N–H and O–H groups in total. The van der Waals surface area contributed by atoms with E-state index in [0.717, 1.165) is 25.1 Å². The van der Waals surface area contributed by atoms with Gasteiger partial charge in [0.25, 0.3) is 0 Å². The zero-order valence-corrected chi connectivity index (χ0v) is 11.5. The summed E-state index contributed by atoms with van der Waals surface area (Å²) >= 11 is 0. The first kappa shape index (κ1) is 12.9. The molecule has 0 aromatic heterocycles. The second kappa shape index (κ2) is 5.89. The molecule has 0 aromatic rings. The molecular formula is C15H28N2O. The standard InChI is InChI=1S/C15H28N2O/c16-13-7-5-12(6-8-13)11-17-9-10-18-15-4-2-1-3-14(15)17/h12-15H,1-11,16H2. The molecule has 3 fully saturated rings. The highest BCUT2D eigenvalue weighted by molar-refractivity contribution is 4.89. The quantitative estimate of drug-likeness (QED) is 0.818. The van der Waals surface area contributed by atoms with Crippen LogP contribution in [0, 0.1) is 5.92 Å². The maximum absolute atomic E-state index is 6.00. The first-order valence-electron chi connectivity index (χ1n) is 7.94. The van der Waals surface area contributed by atoms with Crippen LogP contribution in [0.25, 0.3) is 0 Å². The Morgan fingerprint density at radius 1 is 1.00 bits per heavy atom. The Balaban J connectivity index is 1.54. The molecule has 3 nitrogen and oxygen atoms in total. The Hall–Kier alpha value is -0.120. The van der Waals surface area contributed by atoms with E-state index in [1.165, 1.54) is 57.9 Å². The smallest absolute Gasteiger partial charge is 0.0730 e. The lowest BCUT2D eigenvalue weighted by atomic mass is 9.84. The number of hydrogen-bond acceptors (Lipinski definition) is 3. The minimum atomic E-state index is 0.480. The van der Waals surface area contributed by atoms with E-state index in [1.54, 1.807) is 0 Å². The number of fused-ring (bicyclic) bond motifs is 1. The van der Waals surface area contributed by atoms with Gasteiger partial charge in [-0.2, -0.15) is 0 Å². The topological polar surface area (TPSA) is 38.5 Å². The van der Waals surface area contributed by atoms with Crippen molar-refractivity contribution in [3.05, 3.63) is 0 Å². The van der Waals surface area contributed by atoms with Gasteiger partial charge in [-0.05, 0) is 44.4 Å². The lowest BCUT2D eigenvalue weighted by Gasteiger charge is -2.45. The van der Waals surface area contributed by atoms with Gasteiger partial charge in [-0.1, -0.05) is 12.8 Å². The maximum Gasteiger partial charge on any atom is 0.0730 e. The van der Waals surface area contributed by atoms with E-state index in [9.17, 15) is 0 Å². The van der Waals surface area contributed by atoms with Crippen LogP contribution in [0.2, 0.25) is 0 Å². The van der Waals surface area contributed by atoms with Gasteiger partial charge in [0.05, 0.1) is 12.7 Å². The Morgan fingerprint density at radius 3 is 2.61 bits per heavy atom. The number of nitrogens with zero attached hydrogens (tertiary/aromatic N) is 1. The van der Waals surface area contributed by atoms with E-state index < -0.39 is 0 Å². The van der Waals surface area contributed by atoms with Gasteiger partial charge in [-0.15, -0.1) is 0 Å². The van der Waals surface area contributed by atoms with Crippen molar-refractivity contribution in [2.24, 2.45) is 11.7 Å². The molecule has 1 saturated heterocycles. The third-order valence-electron chi connectivity index (χ3n) is 5.23. The van der Waals surface area contributed by atoms with Crippen LogP contribution in [0.1, 0.15) is 51.4 Å². The van der Waals surface area contributed by atoms with E-state index in [2.05, 4.69) is 4.90 Å². The second-order valence-corrected chi connectivity index (χ2v) is 6.54. The molecule has 2 atom stereocenters. The summed E-state index contributed by atoms with van der Waals surface area (Å²) in [5.74, 6) is 0.894. The highest BCUT2D eigenvalue weighted by atomic mass is 16.5. The van der Waals surface area contributed by atoms with Gasteiger partial charge < -0.3 is 10.5 Å². The molecular weight excluding hydrogens is 224 g/mol. The van der Waals surface area contributed by atoms with E-state index in [0.29, 0.717) is 12.1 Å². The third-order valence-corrected chi connectivity index (χ3v) is 5.23. The molecule has 1 heterocycles. The predicted molar refractivity (Wildman–Crippen MR) is 73.5 cm³/mol. The molecule has 0 bridgehead atoms. The van der Waals surface area contributed by atoms with Crippen LogP contribution in [0.5, 0.6) is 0 Å². The summed E-state index contributed by atoms with van der Waals surface area (Å²) in [5, 5.41) is 0. The summed E-state index contributed by atoms with van der Waals surface area (Å²) in [7, 11) is 0. The van der Waals surface area contributed by atoms with Crippen LogP contribution in [-0.2, 0) is 4.74 Å². The summed E-state index contributed by atoms with van der Waals surface area (Å²) in [4.78, 5) is 2.74. The largest absolute Gasteiger partial charge is 0.375 e. The first-order chi connectivity index (χ1) is 8.83. The predicted octanol–water partition coefficient (Wildman–Crippen LogP) is 2.15. The average Bonchev–Trinajstić information content (AvgIpc) is 2.42. The number of ether oxygens (including phenoxy) is 1. The lowest BCUT2D eigenvalue weighted by Crippen LogP contribution is -2.54. The Labute approximate surface area is 111 Å². The van der Waals surface area contributed by atoms with Crippen molar-refractivity contribution in [1.29, 1.82) is 0 Å². The summed E-state index contributed by atoms with van der Waals surface area (Å²) in [5.41, 5.74) is 6.00. The van der Waals surface area contributed by atoms with E-state index in [1.807, 2.05) is 0 Å². The van der Waals surface area contributed by atoms with Crippen molar-refractivity contribution < 1.29 is 4.74 Å². The Kier molecular flexibility index (Phi) is 4.22. The number of hydrogen-bond donors (Lipinski definition) is 1. The van der Waals surface area contributed by atoms with Crippen molar-refractivity contribution in [3.63, 3.8) is 0 Å². The molecule has 2 saturated carbocycles. The third kappa shape index (κ3) is 2.89. The molecule has 0 amide bonds. The van der Waals surface area contributed by atoms with Crippen molar-refractivity contribution >= 4 is 0 Å². The SMILES string of the molecule is NC1CCC(CN2CCOC3CCCCC32)CC1. The molecule has 2 aliphatic carbocycles. The van der Waals surface area contributed by atoms with E-state index in [-0.39, 0.29) is 0 Å². The van der Waals surface area contributed by atoms with Crippen LogP contribution >= 0.6 is 0 Å². The fourth-order valence-corrected chi connectivity index (χ4v) is 4.11. The van der Waals surface area contributed by atoms with Crippen LogP contribution in [0.3, 0.4) is 0 Å². The van der Waals surface area contributed by atoms with Gasteiger partial charge in [0.2, 0.25) is 0 Å². The minimum Gasteiger partial charge on any atom is -0.375 e. The molecule has 2 unspecified atom stereocenters. The van der Waals surface area contributed by atoms with Gasteiger partial charge >= 0.3 is 0 Å². The van der Waals surface area contributed by atoms with Gasteiger partial charge in [0.15, 0.2) is 0 Å². The van der Waals surface area contributed by atoms with Crippen LogP contribution in [-0.4, -0.2) is 42.8 Å². The van der Waals surface area contributed by atoms with Crippen molar-refractivity contribution in [1.82, 2.24) is 4.90 Å². The minimum absolute atomic E-state index is 0.480. The van der Waals surface area contributed by atoms with E-state index in [4.69, 9.17) is 10.5 Å². The van der Waals surface area contributed by atoms with Crippen molar-refractivity contribution in [2.75, 3.05) is 19.7 Å². The number of nitrogens with two attached hydrogens (primary N) is 1. The summed E-state index contributed by atoms with van der Waals surface area (Å²) in [6, 6.07) is 1.21. The number of rotatable bonds is 2. The molecule has 3 aliphatic rings. The van der Waals surface area contributed by atoms with Gasteiger partial charge in [0.1, 0.15) is 0 Å². The van der Waals surface area contributed by atoms with E-state index >= 15 is 0 Å². The molecule has 3 rings (SSSR count). The van der Waals surface area contributed by atoms with Crippen molar-refractivity contribution in [3.8, 4) is 0 Å². The second-order valence-electron chi connectivity index (χ2n) is 6.54. The maximum atomic E-state index is 6.00. The molecule has 3 heteroatoms. The molecule has 104 valence electrons. The normalized spacial score (nSPS) is 42.5. The fourth-order valence-electron chi connectivity index (χ4n) is 4.11. The summed E-state index contributed by atoms with van der Waals surface area (Å²) < 4.78 is 5.96. The highest BCUT2D eigenvalue weighted by Gasteiger charge is 2.35. The molecule has 0 aromatic carbocycles. The average molecular weight is 252 g/mol. The Bertz CT molecular complexity index is 261. The monoisotopic (exact) mass is 252 g/mol. The molecule has 0 spiro atoms. The highest BCUT2D eigenvalue weighted by Crippen LogP contribution is 2.31. The Morgan fingerprint density at radius 2 is 1.78 bits per heavy atom. The van der Waals surface area contributed by atoms with Crippen LogP contribution in [0.4, 0.5) is 0 Å². The zero-order valence-electron chi connectivity index (χ0n) is 11.5. The summed E-state index contributed by atoms with van der Waals surface area (Å²) in [6.07, 6.45) is 11.1. The molecule has 18 heavy (non-hydrogen) atoms. The lowest BCUT2D eigenvalue weighted by molar-refractivity contribution is -0.0931. The molecule has 0 radical (unpaired) electrons. The van der Waals surface area contributed by atoms with Gasteiger partial charge in [-0.3, -0.25) is 4.90 Å². The summed E-state index contributed by atoms with van der Waals surface area (Å²) in [6.45, 7) is 3.41.